The summed E-state index contributed by atoms with van der Waals surface area (Å²) in [5.74, 6) is -0.291. The SMILES string of the molecule is Cc1ccc(C(=O)NC2CCCCCC2N)cc1[N+](=O)[O-]. The number of rotatable bonds is 3. The van der Waals surface area contributed by atoms with Gasteiger partial charge >= 0.3 is 0 Å². The van der Waals surface area contributed by atoms with Crippen molar-refractivity contribution in [3.05, 3.63) is 39.4 Å². The summed E-state index contributed by atoms with van der Waals surface area (Å²) in [5, 5.41) is 13.9. The van der Waals surface area contributed by atoms with Crippen LogP contribution in [0.15, 0.2) is 18.2 Å². The Balaban J connectivity index is 2.12. The van der Waals surface area contributed by atoms with Gasteiger partial charge in [-0.25, -0.2) is 0 Å². The van der Waals surface area contributed by atoms with E-state index in [1.807, 2.05) is 0 Å². The highest BCUT2D eigenvalue weighted by molar-refractivity contribution is 5.95. The molecule has 1 amide bonds. The van der Waals surface area contributed by atoms with E-state index >= 15 is 0 Å². The van der Waals surface area contributed by atoms with E-state index in [0.717, 1.165) is 32.1 Å². The molecule has 6 nitrogen and oxygen atoms in total. The maximum atomic E-state index is 12.3. The first-order valence-electron chi connectivity index (χ1n) is 7.30. The Bertz CT molecular complexity index is 545. The van der Waals surface area contributed by atoms with E-state index in [0.29, 0.717) is 11.1 Å². The van der Waals surface area contributed by atoms with Crippen molar-refractivity contribution in [3.63, 3.8) is 0 Å². The molecule has 1 fully saturated rings. The van der Waals surface area contributed by atoms with Gasteiger partial charge in [0.05, 0.1) is 4.92 Å². The van der Waals surface area contributed by atoms with Gasteiger partial charge in [-0.2, -0.15) is 0 Å². The minimum Gasteiger partial charge on any atom is -0.348 e. The molecule has 6 heteroatoms. The molecule has 21 heavy (non-hydrogen) atoms. The van der Waals surface area contributed by atoms with Crippen molar-refractivity contribution in [2.75, 3.05) is 0 Å². The third-order valence-electron chi connectivity index (χ3n) is 4.05. The van der Waals surface area contributed by atoms with Gasteiger partial charge in [-0.15, -0.1) is 0 Å². The quantitative estimate of drug-likeness (QED) is 0.507. The molecule has 0 radical (unpaired) electrons. The van der Waals surface area contributed by atoms with Gasteiger partial charge < -0.3 is 11.1 Å². The number of benzene rings is 1. The molecule has 0 heterocycles. The number of nitrogens with zero attached hydrogens (tertiary/aromatic N) is 1. The van der Waals surface area contributed by atoms with Gasteiger partial charge in [0.25, 0.3) is 11.6 Å². The smallest absolute Gasteiger partial charge is 0.273 e. The van der Waals surface area contributed by atoms with Gasteiger partial charge in [0.15, 0.2) is 0 Å². The van der Waals surface area contributed by atoms with Crippen LogP contribution < -0.4 is 11.1 Å². The number of nitrogens with two attached hydrogens (primary N) is 1. The maximum Gasteiger partial charge on any atom is 0.273 e. The van der Waals surface area contributed by atoms with Crippen LogP contribution in [0, 0.1) is 17.0 Å². The van der Waals surface area contributed by atoms with Crippen molar-refractivity contribution >= 4 is 11.6 Å². The Morgan fingerprint density at radius 2 is 2.05 bits per heavy atom. The Morgan fingerprint density at radius 3 is 2.76 bits per heavy atom. The average molecular weight is 291 g/mol. The summed E-state index contributed by atoms with van der Waals surface area (Å²) in [6.07, 6.45) is 5.03. The lowest BCUT2D eigenvalue weighted by atomic mass is 10.0. The second kappa shape index (κ2) is 6.67. The predicted octanol–water partition coefficient (Wildman–Crippen LogP) is 2.29. The molecule has 1 aromatic carbocycles. The molecule has 0 saturated heterocycles. The fourth-order valence-electron chi connectivity index (χ4n) is 2.71. The zero-order chi connectivity index (χ0) is 15.4. The van der Waals surface area contributed by atoms with Crippen molar-refractivity contribution < 1.29 is 9.72 Å². The Morgan fingerprint density at radius 1 is 1.33 bits per heavy atom. The number of amides is 1. The first-order valence-corrected chi connectivity index (χ1v) is 7.30. The van der Waals surface area contributed by atoms with Crippen molar-refractivity contribution in [1.29, 1.82) is 0 Å². The van der Waals surface area contributed by atoms with E-state index in [1.165, 1.54) is 6.07 Å². The molecule has 1 aromatic rings. The van der Waals surface area contributed by atoms with Crippen molar-refractivity contribution in [2.45, 2.75) is 51.1 Å². The summed E-state index contributed by atoms with van der Waals surface area (Å²) in [4.78, 5) is 22.7. The number of hydrogen-bond acceptors (Lipinski definition) is 4. The summed E-state index contributed by atoms with van der Waals surface area (Å²) < 4.78 is 0. The van der Waals surface area contributed by atoms with Gasteiger partial charge in [0, 0.05) is 29.3 Å². The second-order valence-electron chi connectivity index (χ2n) is 5.64. The summed E-state index contributed by atoms with van der Waals surface area (Å²) in [5.41, 5.74) is 6.90. The first kappa shape index (κ1) is 15.4. The molecule has 0 aromatic heterocycles. The van der Waals surface area contributed by atoms with Gasteiger partial charge in [0.2, 0.25) is 0 Å². The molecule has 2 rings (SSSR count). The highest BCUT2D eigenvalue weighted by Crippen LogP contribution is 2.20. The zero-order valence-corrected chi connectivity index (χ0v) is 12.2. The van der Waals surface area contributed by atoms with E-state index < -0.39 is 4.92 Å². The first-order chi connectivity index (χ1) is 9.99. The Hall–Kier alpha value is -1.95. The highest BCUT2D eigenvalue weighted by Gasteiger charge is 2.23. The second-order valence-corrected chi connectivity index (χ2v) is 5.64. The number of nitro benzene ring substituents is 1. The standard InChI is InChI=1S/C15H21N3O3/c1-10-7-8-11(9-14(10)18(20)21)15(19)17-13-6-4-2-3-5-12(13)16/h7-9,12-13H,2-6,16H2,1H3,(H,17,19). The van der Waals surface area contributed by atoms with Crippen LogP contribution in [0.25, 0.3) is 0 Å². The topological polar surface area (TPSA) is 98.3 Å². The van der Waals surface area contributed by atoms with Crippen LogP contribution in [0.3, 0.4) is 0 Å². The van der Waals surface area contributed by atoms with Crippen molar-refractivity contribution in [3.8, 4) is 0 Å². The minimum atomic E-state index is -0.469. The number of nitro groups is 1. The lowest BCUT2D eigenvalue weighted by molar-refractivity contribution is -0.385. The summed E-state index contributed by atoms with van der Waals surface area (Å²) in [6.45, 7) is 1.65. The van der Waals surface area contributed by atoms with Crippen LogP contribution in [0.5, 0.6) is 0 Å². The maximum absolute atomic E-state index is 12.3. The van der Waals surface area contributed by atoms with Gasteiger partial charge in [-0.05, 0) is 25.8 Å². The minimum absolute atomic E-state index is 0.0344. The Kier molecular flexibility index (Phi) is 4.90. The number of nitrogens with one attached hydrogen (secondary N) is 1. The predicted molar refractivity (Wildman–Crippen MR) is 80.1 cm³/mol. The van der Waals surface area contributed by atoms with Crippen LogP contribution in [-0.4, -0.2) is 22.9 Å². The molecular formula is C15H21N3O3. The number of carbonyl (C=O) groups excluding carboxylic acids is 1. The van der Waals surface area contributed by atoms with Gasteiger partial charge in [-0.1, -0.05) is 25.3 Å². The summed E-state index contributed by atoms with van der Waals surface area (Å²) in [7, 11) is 0. The zero-order valence-electron chi connectivity index (χ0n) is 12.2. The molecule has 0 bridgehead atoms. The number of aryl methyl sites for hydroxylation is 1. The van der Waals surface area contributed by atoms with Crippen LogP contribution in [0.2, 0.25) is 0 Å². The Labute approximate surface area is 123 Å². The monoisotopic (exact) mass is 291 g/mol. The average Bonchev–Trinajstić information content (AvgIpc) is 2.64. The van der Waals surface area contributed by atoms with E-state index in [1.54, 1.807) is 19.1 Å². The molecule has 0 aliphatic heterocycles. The molecule has 2 unspecified atom stereocenters. The fourth-order valence-corrected chi connectivity index (χ4v) is 2.71. The van der Waals surface area contributed by atoms with E-state index in [-0.39, 0.29) is 23.7 Å². The van der Waals surface area contributed by atoms with Crippen LogP contribution in [0.1, 0.15) is 48.0 Å². The van der Waals surface area contributed by atoms with Gasteiger partial charge in [-0.3, -0.25) is 14.9 Å². The van der Waals surface area contributed by atoms with E-state index in [9.17, 15) is 14.9 Å². The molecule has 0 spiro atoms. The van der Waals surface area contributed by atoms with E-state index in [2.05, 4.69) is 5.32 Å². The molecule has 3 N–H and O–H groups in total. The van der Waals surface area contributed by atoms with E-state index in [4.69, 9.17) is 5.73 Å². The highest BCUT2D eigenvalue weighted by atomic mass is 16.6. The molecule has 1 saturated carbocycles. The van der Waals surface area contributed by atoms with Gasteiger partial charge in [0.1, 0.15) is 0 Å². The molecular weight excluding hydrogens is 270 g/mol. The lowest BCUT2D eigenvalue weighted by Gasteiger charge is -2.22. The summed E-state index contributed by atoms with van der Waals surface area (Å²) in [6, 6.07) is 4.43. The third-order valence-corrected chi connectivity index (χ3v) is 4.05. The molecule has 114 valence electrons. The molecule has 2 atom stereocenters. The third kappa shape index (κ3) is 3.78. The van der Waals surface area contributed by atoms with Crippen molar-refractivity contribution in [2.24, 2.45) is 5.73 Å². The summed E-state index contributed by atoms with van der Waals surface area (Å²) >= 11 is 0. The van der Waals surface area contributed by atoms with Crippen molar-refractivity contribution in [1.82, 2.24) is 5.32 Å². The van der Waals surface area contributed by atoms with Crippen LogP contribution in [-0.2, 0) is 0 Å². The number of carbonyl (C=O) groups is 1. The molecule has 1 aliphatic carbocycles. The molecule has 1 aliphatic rings. The fraction of sp³-hybridized carbons (Fsp3) is 0.533. The normalized spacial score (nSPS) is 22.4. The largest absolute Gasteiger partial charge is 0.348 e. The number of hydrogen-bond donors (Lipinski definition) is 2. The lowest BCUT2D eigenvalue weighted by Crippen LogP contribution is -2.46. The van der Waals surface area contributed by atoms with Crippen LogP contribution >= 0.6 is 0 Å². The van der Waals surface area contributed by atoms with Crippen LogP contribution in [0.4, 0.5) is 5.69 Å².